The third kappa shape index (κ3) is 3.55. The predicted octanol–water partition coefficient (Wildman–Crippen LogP) is 3.77. The normalized spacial score (nSPS) is 16.5. The summed E-state index contributed by atoms with van der Waals surface area (Å²) in [6.45, 7) is 0.940. The summed E-state index contributed by atoms with van der Waals surface area (Å²) in [7, 11) is 0. The van der Waals surface area contributed by atoms with Gasteiger partial charge in [-0.3, -0.25) is 0 Å². The van der Waals surface area contributed by atoms with Crippen LogP contribution in [0.5, 0.6) is 0 Å². The van der Waals surface area contributed by atoms with Crippen LogP contribution in [0.1, 0.15) is 18.4 Å². The highest BCUT2D eigenvalue weighted by molar-refractivity contribution is 7.99. The molecule has 0 atom stereocenters. The molecule has 1 N–H and O–H groups in total. The molecule has 2 nitrogen and oxygen atoms in total. The van der Waals surface area contributed by atoms with E-state index in [0.29, 0.717) is 10.6 Å². The van der Waals surface area contributed by atoms with Crippen molar-refractivity contribution >= 4 is 29.1 Å². The van der Waals surface area contributed by atoms with Crippen LogP contribution in [0.15, 0.2) is 18.2 Å². The summed E-state index contributed by atoms with van der Waals surface area (Å²) in [5.41, 5.74) is 1.53. The second kappa shape index (κ2) is 6.18. The largest absolute Gasteiger partial charge is 0.384 e. The second-order valence-electron chi connectivity index (χ2n) is 4.24. The van der Waals surface area contributed by atoms with Crippen LogP contribution in [0.3, 0.4) is 0 Å². The minimum atomic E-state index is 0.666. The summed E-state index contributed by atoms with van der Waals surface area (Å²) in [6, 6.07) is 7.53. The van der Waals surface area contributed by atoms with Crippen molar-refractivity contribution in [3.63, 3.8) is 0 Å². The minimum Gasteiger partial charge on any atom is -0.384 e. The molecule has 4 heteroatoms. The maximum atomic E-state index is 9.01. The molecule has 0 saturated carbocycles. The first-order chi connectivity index (χ1) is 8.29. The van der Waals surface area contributed by atoms with Crippen LogP contribution in [0.25, 0.3) is 0 Å². The summed E-state index contributed by atoms with van der Waals surface area (Å²) >= 11 is 7.97. The maximum absolute atomic E-state index is 9.01. The zero-order chi connectivity index (χ0) is 12.1. The number of nitrogens with one attached hydrogen (secondary N) is 1. The van der Waals surface area contributed by atoms with Crippen LogP contribution in [-0.2, 0) is 0 Å². The van der Waals surface area contributed by atoms with E-state index in [4.69, 9.17) is 16.9 Å². The number of nitrogens with zero attached hydrogens (tertiary/aromatic N) is 1. The van der Waals surface area contributed by atoms with Gasteiger partial charge in [-0.25, -0.2) is 0 Å². The zero-order valence-corrected chi connectivity index (χ0v) is 11.2. The van der Waals surface area contributed by atoms with Gasteiger partial charge >= 0.3 is 0 Å². The number of benzene rings is 1. The fraction of sp³-hybridized carbons (Fsp3) is 0.462. The molecule has 1 aromatic carbocycles. The quantitative estimate of drug-likeness (QED) is 0.905. The molecule has 1 heterocycles. The standard InChI is InChI=1S/C13H15ClN2S/c14-12-2-1-11(8-15)13(7-12)16-9-10-3-5-17-6-4-10/h1-2,7,10,16H,3-6,9H2. The van der Waals surface area contributed by atoms with E-state index in [0.717, 1.165) is 18.2 Å². The van der Waals surface area contributed by atoms with Gasteiger partial charge in [0.25, 0.3) is 0 Å². The number of thioether (sulfide) groups is 1. The molecule has 0 bridgehead atoms. The average Bonchev–Trinajstić information content (AvgIpc) is 2.38. The third-order valence-corrected chi connectivity index (χ3v) is 4.31. The summed E-state index contributed by atoms with van der Waals surface area (Å²) in [5.74, 6) is 3.24. The lowest BCUT2D eigenvalue weighted by atomic mass is 10.0. The Kier molecular flexibility index (Phi) is 4.58. The van der Waals surface area contributed by atoms with Gasteiger partial charge in [0.2, 0.25) is 0 Å². The molecule has 90 valence electrons. The molecule has 17 heavy (non-hydrogen) atoms. The molecule has 1 aromatic rings. The lowest BCUT2D eigenvalue weighted by molar-refractivity contribution is 0.516. The molecule has 0 spiro atoms. The van der Waals surface area contributed by atoms with Gasteiger partial charge in [0.15, 0.2) is 0 Å². The fourth-order valence-corrected chi connectivity index (χ4v) is 3.34. The van der Waals surface area contributed by atoms with Crippen molar-refractivity contribution in [2.45, 2.75) is 12.8 Å². The number of hydrogen-bond donors (Lipinski definition) is 1. The molecule has 1 aliphatic rings. The second-order valence-corrected chi connectivity index (χ2v) is 5.90. The maximum Gasteiger partial charge on any atom is 0.101 e. The SMILES string of the molecule is N#Cc1ccc(Cl)cc1NCC1CCSCC1. The number of nitriles is 1. The predicted molar refractivity (Wildman–Crippen MR) is 74.7 cm³/mol. The molecule has 1 aliphatic heterocycles. The Labute approximate surface area is 111 Å². The molecule has 1 fully saturated rings. The molecule has 0 amide bonds. The van der Waals surface area contributed by atoms with Crippen molar-refractivity contribution in [3.8, 4) is 6.07 Å². The first-order valence-corrected chi connectivity index (χ1v) is 7.34. The van der Waals surface area contributed by atoms with E-state index < -0.39 is 0 Å². The Bertz CT molecular complexity index is 422. The van der Waals surface area contributed by atoms with Gasteiger partial charge < -0.3 is 5.32 Å². The Morgan fingerprint density at radius 3 is 2.88 bits per heavy atom. The summed E-state index contributed by atoms with van der Waals surface area (Å²) in [5, 5.41) is 13.0. The van der Waals surface area contributed by atoms with E-state index >= 15 is 0 Å². The monoisotopic (exact) mass is 266 g/mol. The van der Waals surface area contributed by atoms with E-state index in [1.807, 2.05) is 17.8 Å². The third-order valence-electron chi connectivity index (χ3n) is 3.02. The van der Waals surface area contributed by atoms with Crippen molar-refractivity contribution in [1.82, 2.24) is 0 Å². The minimum absolute atomic E-state index is 0.666. The number of halogens is 1. The van der Waals surface area contributed by atoms with Crippen molar-refractivity contribution < 1.29 is 0 Å². The highest BCUT2D eigenvalue weighted by Gasteiger charge is 2.13. The van der Waals surface area contributed by atoms with Crippen LogP contribution in [0.4, 0.5) is 5.69 Å². The van der Waals surface area contributed by atoms with Crippen molar-refractivity contribution in [3.05, 3.63) is 28.8 Å². The van der Waals surface area contributed by atoms with E-state index in [-0.39, 0.29) is 0 Å². The van der Waals surface area contributed by atoms with Crippen LogP contribution >= 0.6 is 23.4 Å². The van der Waals surface area contributed by atoms with Gasteiger partial charge in [-0.05, 0) is 48.5 Å². The molecular formula is C13H15ClN2S. The number of rotatable bonds is 3. The molecular weight excluding hydrogens is 252 g/mol. The van der Waals surface area contributed by atoms with Gasteiger partial charge in [-0.15, -0.1) is 0 Å². The lowest BCUT2D eigenvalue weighted by Gasteiger charge is -2.22. The molecule has 0 aliphatic carbocycles. The number of anilines is 1. The van der Waals surface area contributed by atoms with Crippen molar-refractivity contribution in [2.24, 2.45) is 5.92 Å². The van der Waals surface area contributed by atoms with Crippen molar-refractivity contribution in [1.29, 1.82) is 5.26 Å². The van der Waals surface area contributed by atoms with Crippen LogP contribution in [0.2, 0.25) is 5.02 Å². The van der Waals surface area contributed by atoms with Gasteiger partial charge in [-0.1, -0.05) is 11.6 Å². The van der Waals surface area contributed by atoms with Crippen LogP contribution < -0.4 is 5.32 Å². The summed E-state index contributed by atoms with van der Waals surface area (Å²) in [6.07, 6.45) is 2.53. The van der Waals surface area contributed by atoms with Crippen molar-refractivity contribution in [2.75, 3.05) is 23.4 Å². The van der Waals surface area contributed by atoms with Gasteiger partial charge in [0, 0.05) is 11.6 Å². The van der Waals surface area contributed by atoms with E-state index in [1.54, 1.807) is 12.1 Å². The zero-order valence-electron chi connectivity index (χ0n) is 9.58. The average molecular weight is 267 g/mol. The van der Waals surface area contributed by atoms with E-state index in [1.165, 1.54) is 24.3 Å². The first kappa shape index (κ1) is 12.6. The van der Waals surface area contributed by atoms with Gasteiger partial charge in [0.1, 0.15) is 6.07 Å². The lowest BCUT2D eigenvalue weighted by Crippen LogP contribution is -2.19. The topological polar surface area (TPSA) is 35.8 Å². The summed E-state index contributed by atoms with van der Waals surface area (Å²) in [4.78, 5) is 0. The van der Waals surface area contributed by atoms with E-state index in [2.05, 4.69) is 11.4 Å². The molecule has 2 rings (SSSR count). The highest BCUT2D eigenvalue weighted by atomic mass is 35.5. The molecule has 0 aromatic heterocycles. The van der Waals surface area contributed by atoms with Crippen LogP contribution in [-0.4, -0.2) is 18.1 Å². The first-order valence-electron chi connectivity index (χ1n) is 5.81. The molecule has 0 radical (unpaired) electrons. The van der Waals surface area contributed by atoms with Crippen LogP contribution in [0, 0.1) is 17.2 Å². The highest BCUT2D eigenvalue weighted by Crippen LogP contribution is 2.25. The Hall–Kier alpha value is -0.850. The Morgan fingerprint density at radius 2 is 2.18 bits per heavy atom. The molecule has 1 saturated heterocycles. The van der Waals surface area contributed by atoms with E-state index in [9.17, 15) is 0 Å². The molecule has 0 unspecified atom stereocenters. The Morgan fingerprint density at radius 1 is 1.41 bits per heavy atom. The van der Waals surface area contributed by atoms with Gasteiger partial charge in [-0.2, -0.15) is 17.0 Å². The van der Waals surface area contributed by atoms with Gasteiger partial charge in [0.05, 0.1) is 11.3 Å². The summed E-state index contributed by atoms with van der Waals surface area (Å²) < 4.78 is 0. The Balaban J connectivity index is 1.98. The fourth-order valence-electron chi connectivity index (χ4n) is 1.97. The smallest absolute Gasteiger partial charge is 0.101 e. The number of hydrogen-bond acceptors (Lipinski definition) is 3.